The van der Waals surface area contributed by atoms with Crippen LogP contribution in [-0.2, 0) is 0 Å². The molecule has 0 aromatic heterocycles. The van der Waals surface area contributed by atoms with Crippen LogP contribution in [-0.4, -0.2) is 29.8 Å². The van der Waals surface area contributed by atoms with Crippen molar-refractivity contribution in [3.8, 4) is 5.75 Å². The summed E-state index contributed by atoms with van der Waals surface area (Å²) in [6, 6.07) is 12.4. The zero-order valence-corrected chi connectivity index (χ0v) is 13.5. The molecular formula is C19H19F2NO3. The Bertz CT molecular complexity index is 718. The van der Waals surface area contributed by atoms with Gasteiger partial charge in [0.1, 0.15) is 29.1 Å². The standard InChI is InChI=1S/C19H19F2NO3/c20-14-7-4-8-15(21)17(14)19(24)22-11-12-9-10-16(18(12)23)25-13-5-2-1-3-6-13/h1-8,12,16,18,23H,9-11H2,(H,22,24)/t12-,16-,18-/m1/s1. The summed E-state index contributed by atoms with van der Waals surface area (Å²) in [4.78, 5) is 12.0. The van der Waals surface area contributed by atoms with Gasteiger partial charge in [-0.3, -0.25) is 4.79 Å². The Morgan fingerprint density at radius 1 is 1.08 bits per heavy atom. The molecule has 1 saturated carbocycles. The molecule has 1 aliphatic carbocycles. The molecule has 2 aromatic rings. The second-order valence-electron chi connectivity index (χ2n) is 6.10. The van der Waals surface area contributed by atoms with Gasteiger partial charge in [0.2, 0.25) is 0 Å². The number of carbonyl (C=O) groups excluding carboxylic acids is 1. The van der Waals surface area contributed by atoms with Crippen LogP contribution in [0, 0.1) is 17.6 Å². The van der Waals surface area contributed by atoms with Gasteiger partial charge >= 0.3 is 0 Å². The zero-order chi connectivity index (χ0) is 17.8. The quantitative estimate of drug-likeness (QED) is 0.874. The lowest BCUT2D eigenvalue weighted by atomic mass is 10.1. The molecule has 2 N–H and O–H groups in total. The third kappa shape index (κ3) is 3.96. The Labute approximate surface area is 144 Å². The first-order valence-corrected chi connectivity index (χ1v) is 8.18. The number of aliphatic hydroxyl groups is 1. The molecule has 0 radical (unpaired) electrons. The zero-order valence-electron chi connectivity index (χ0n) is 13.5. The fourth-order valence-electron chi connectivity index (χ4n) is 3.08. The number of ether oxygens (including phenoxy) is 1. The van der Waals surface area contributed by atoms with Crippen molar-refractivity contribution in [3.05, 3.63) is 65.7 Å². The molecule has 3 atom stereocenters. The largest absolute Gasteiger partial charge is 0.488 e. The number of amides is 1. The summed E-state index contributed by atoms with van der Waals surface area (Å²) in [5, 5.41) is 12.9. The van der Waals surface area contributed by atoms with E-state index < -0.39 is 29.2 Å². The van der Waals surface area contributed by atoms with Crippen LogP contribution in [0.1, 0.15) is 23.2 Å². The van der Waals surface area contributed by atoms with Gasteiger partial charge in [0.15, 0.2) is 0 Å². The number of carbonyl (C=O) groups is 1. The molecule has 0 spiro atoms. The van der Waals surface area contributed by atoms with E-state index in [1.54, 1.807) is 0 Å². The average Bonchev–Trinajstić information content (AvgIpc) is 2.94. The number of hydrogen-bond donors (Lipinski definition) is 2. The van der Waals surface area contributed by atoms with E-state index in [4.69, 9.17) is 4.74 Å². The van der Waals surface area contributed by atoms with Crippen molar-refractivity contribution in [1.82, 2.24) is 5.32 Å². The van der Waals surface area contributed by atoms with Crippen molar-refractivity contribution in [2.45, 2.75) is 25.0 Å². The second-order valence-corrected chi connectivity index (χ2v) is 6.10. The third-order valence-corrected chi connectivity index (χ3v) is 4.43. The Morgan fingerprint density at radius 2 is 1.76 bits per heavy atom. The van der Waals surface area contributed by atoms with Crippen molar-refractivity contribution < 1.29 is 23.4 Å². The van der Waals surface area contributed by atoms with Gasteiger partial charge in [-0.15, -0.1) is 0 Å². The third-order valence-electron chi connectivity index (χ3n) is 4.43. The van der Waals surface area contributed by atoms with Crippen molar-refractivity contribution in [2.75, 3.05) is 6.54 Å². The van der Waals surface area contributed by atoms with Crippen LogP contribution in [0.5, 0.6) is 5.75 Å². The lowest BCUT2D eigenvalue weighted by molar-refractivity contribution is 0.0348. The summed E-state index contributed by atoms with van der Waals surface area (Å²) in [6.45, 7) is 0.127. The van der Waals surface area contributed by atoms with Gasteiger partial charge in [0.25, 0.3) is 5.91 Å². The predicted octanol–water partition coefficient (Wildman–Crippen LogP) is 2.91. The second kappa shape index (κ2) is 7.61. The number of benzene rings is 2. The Kier molecular flexibility index (Phi) is 5.28. The van der Waals surface area contributed by atoms with E-state index in [9.17, 15) is 18.7 Å². The van der Waals surface area contributed by atoms with Gasteiger partial charge < -0.3 is 15.2 Å². The number of hydrogen-bond acceptors (Lipinski definition) is 3. The summed E-state index contributed by atoms with van der Waals surface area (Å²) >= 11 is 0. The SMILES string of the molecule is O=C(NC[C@H]1CC[C@@H](Oc2ccccc2)[C@@H]1O)c1c(F)cccc1F. The number of nitrogens with one attached hydrogen (secondary N) is 1. The highest BCUT2D eigenvalue weighted by Crippen LogP contribution is 2.29. The average molecular weight is 347 g/mol. The molecule has 3 rings (SSSR count). The van der Waals surface area contributed by atoms with Gasteiger partial charge in [0, 0.05) is 12.5 Å². The smallest absolute Gasteiger partial charge is 0.257 e. The molecule has 25 heavy (non-hydrogen) atoms. The van der Waals surface area contributed by atoms with E-state index in [1.807, 2.05) is 30.3 Å². The minimum atomic E-state index is -0.908. The highest BCUT2D eigenvalue weighted by molar-refractivity contribution is 5.94. The summed E-state index contributed by atoms with van der Waals surface area (Å²) < 4.78 is 33.0. The number of aliphatic hydroxyl groups excluding tert-OH is 1. The normalized spacial score (nSPS) is 22.6. The molecule has 132 valence electrons. The molecule has 0 aliphatic heterocycles. The highest BCUT2D eigenvalue weighted by Gasteiger charge is 2.36. The molecule has 0 saturated heterocycles. The van der Waals surface area contributed by atoms with Crippen molar-refractivity contribution in [1.29, 1.82) is 0 Å². The van der Waals surface area contributed by atoms with E-state index in [1.165, 1.54) is 6.07 Å². The monoisotopic (exact) mass is 347 g/mol. The molecule has 0 heterocycles. The minimum Gasteiger partial charge on any atom is -0.488 e. The van der Waals surface area contributed by atoms with Crippen LogP contribution in [0.4, 0.5) is 8.78 Å². The van der Waals surface area contributed by atoms with E-state index in [2.05, 4.69) is 5.32 Å². The molecule has 1 fully saturated rings. The molecule has 0 bridgehead atoms. The van der Waals surface area contributed by atoms with Crippen LogP contribution >= 0.6 is 0 Å². The van der Waals surface area contributed by atoms with Crippen LogP contribution in [0.25, 0.3) is 0 Å². The van der Waals surface area contributed by atoms with E-state index in [0.29, 0.717) is 18.6 Å². The van der Waals surface area contributed by atoms with Crippen molar-refractivity contribution in [2.24, 2.45) is 5.92 Å². The Morgan fingerprint density at radius 3 is 2.44 bits per heavy atom. The number of para-hydroxylation sites is 1. The van der Waals surface area contributed by atoms with E-state index in [-0.39, 0.29) is 18.6 Å². The fraction of sp³-hybridized carbons (Fsp3) is 0.316. The van der Waals surface area contributed by atoms with Crippen molar-refractivity contribution in [3.63, 3.8) is 0 Å². The van der Waals surface area contributed by atoms with Gasteiger partial charge in [-0.05, 0) is 37.1 Å². The van der Waals surface area contributed by atoms with Gasteiger partial charge in [-0.1, -0.05) is 24.3 Å². The Balaban J connectivity index is 1.56. The lowest BCUT2D eigenvalue weighted by Crippen LogP contribution is -2.37. The topological polar surface area (TPSA) is 58.6 Å². The minimum absolute atomic E-state index is 0.127. The summed E-state index contributed by atoms with van der Waals surface area (Å²) in [5.74, 6) is -2.20. The van der Waals surface area contributed by atoms with Crippen LogP contribution in [0.15, 0.2) is 48.5 Å². The molecule has 1 amide bonds. The van der Waals surface area contributed by atoms with Crippen LogP contribution in [0.3, 0.4) is 0 Å². The van der Waals surface area contributed by atoms with Gasteiger partial charge in [0.05, 0.1) is 6.10 Å². The lowest BCUT2D eigenvalue weighted by Gasteiger charge is -2.21. The first-order chi connectivity index (χ1) is 12.1. The maximum absolute atomic E-state index is 13.6. The number of rotatable bonds is 5. The van der Waals surface area contributed by atoms with Gasteiger partial charge in [-0.2, -0.15) is 0 Å². The summed E-state index contributed by atoms with van der Waals surface area (Å²) in [7, 11) is 0. The fourth-order valence-corrected chi connectivity index (χ4v) is 3.08. The van der Waals surface area contributed by atoms with Crippen molar-refractivity contribution >= 4 is 5.91 Å². The maximum Gasteiger partial charge on any atom is 0.257 e. The molecule has 1 aliphatic rings. The summed E-state index contributed by atoms with van der Waals surface area (Å²) in [6.07, 6.45) is 0.170. The van der Waals surface area contributed by atoms with E-state index >= 15 is 0 Å². The van der Waals surface area contributed by atoms with Gasteiger partial charge in [-0.25, -0.2) is 8.78 Å². The van der Waals surface area contributed by atoms with Crippen LogP contribution in [0.2, 0.25) is 0 Å². The molecular weight excluding hydrogens is 328 g/mol. The Hall–Kier alpha value is -2.47. The number of halogens is 2. The molecule has 6 heteroatoms. The maximum atomic E-state index is 13.6. The molecule has 2 aromatic carbocycles. The predicted molar refractivity (Wildman–Crippen MR) is 88.3 cm³/mol. The highest BCUT2D eigenvalue weighted by atomic mass is 19.1. The molecule has 4 nitrogen and oxygen atoms in total. The van der Waals surface area contributed by atoms with Crippen LogP contribution < -0.4 is 10.1 Å². The summed E-state index contributed by atoms with van der Waals surface area (Å²) in [5.41, 5.74) is -0.605. The first kappa shape index (κ1) is 17.4. The molecule has 0 unspecified atom stereocenters. The first-order valence-electron chi connectivity index (χ1n) is 8.18. The van der Waals surface area contributed by atoms with E-state index in [0.717, 1.165) is 12.1 Å².